The molecule has 2 aromatic heterocycles. The number of sulfonamides is 1. The molecule has 204 valence electrons. The van der Waals surface area contributed by atoms with Gasteiger partial charge < -0.3 is 5.32 Å². The maximum Gasteiger partial charge on any atom is 0.225 e. The second-order valence-corrected chi connectivity index (χ2v) is 11.8. The van der Waals surface area contributed by atoms with Crippen LogP contribution < -0.4 is 10.0 Å². The lowest BCUT2D eigenvalue weighted by atomic mass is 10.1. The summed E-state index contributed by atoms with van der Waals surface area (Å²) in [7, 11) is -3.36. The Hall–Kier alpha value is -2.43. The maximum absolute atomic E-state index is 12.3. The van der Waals surface area contributed by atoms with Gasteiger partial charge in [-0.2, -0.15) is 4.63 Å². The van der Waals surface area contributed by atoms with Crippen molar-refractivity contribution < 1.29 is 13.2 Å². The zero-order valence-electron chi connectivity index (χ0n) is 21.9. The minimum atomic E-state index is -3.36. The van der Waals surface area contributed by atoms with Crippen molar-refractivity contribution in [2.24, 2.45) is 0 Å². The number of halogens is 1. The molecule has 0 radical (unpaired) electrons. The molecule has 11 heteroatoms. The summed E-state index contributed by atoms with van der Waals surface area (Å²) in [5, 5.41) is 10.7. The molecule has 0 saturated carbocycles. The highest BCUT2D eigenvalue weighted by atomic mass is 35.5. The fourth-order valence-electron chi connectivity index (χ4n) is 4.13. The Bertz CT molecular complexity index is 1240. The van der Waals surface area contributed by atoms with Crippen LogP contribution in [0.2, 0.25) is 5.02 Å². The van der Waals surface area contributed by atoms with Crippen LogP contribution in [0.4, 0.5) is 5.69 Å². The van der Waals surface area contributed by atoms with E-state index in [2.05, 4.69) is 32.1 Å². The molecule has 0 aliphatic heterocycles. The Morgan fingerprint density at radius 1 is 1.00 bits per heavy atom. The van der Waals surface area contributed by atoms with Gasteiger partial charge in [0.25, 0.3) is 0 Å². The monoisotopic (exact) mass is 550 g/mol. The zero-order valence-corrected chi connectivity index (χ0v) is 23.4. The minimum Gasteiger partial charge on any atom is -0.326 e. The van der Waals surface area contributed by atoms with E-state index >= 15 is 0 Å². The number of hydrogen-bond donors (Lipinski definition) is 3. The van der Waals surface area contributed by atoms with E-state index in [0.29, 0.717) is 28.6 Å². The van der Waals surface area contributed by atoms with E-state index in [1.807, 2.05) is 6.92 Å². The van der Waals surface area contributed by atoms with Crippen LogP contribution in [-0.4, -0.2) is 46.4 Å². The number of hydrogen-bond acceptors (Lipinski definition) is 5. The molecular weight excluding hydrogens is 512 g/mol. The van der Waals surface area contributed by atoms with Crippen LogP contribution in [0, 0.1) is 6.92 Å². The second kappa shape index (κ2) is 14.5. The van der Waals surface area contributed by atoms with Crippen LogP contribution in [-0.2, 0) is 14.8 Å². The molecule has 3 aromatic rings. The van der Waals surface area contributed by atoms with Gasteiger partial charge in [0.2, 0.25) is 15.9 Å². The van der Waals surface area contributed by atoms with Crippen LogP contribution in [0.25, 0.3) is 17.0 Å². The number of fused-ring (bicyclic) bond motifs is 1. The van der Waals surface area contributed by atoms with E-state index in [1.165, 1.54) is 49.6 Å². The van der Waals surface area contributed by atoms with Crippen LogP contribution >= 0.6 is 11.6 Å². The molecule has 3 rings (SSSR count). The van der Waals surface area contributed by atoms with Gasteiger partial charge in [-0.25, -0.2) is 18.1 Å². The number of nitrogens with one attached hydrogen (secondary N) is 3. The maximum atomic E-state index is 12.3. The van der Waals surface area contributed by atoms with Crippen molar-refractivity contribution >= 4 is 38.9 Å². The quantitative estimate of drug-likeness (QED) is 0.182. The van der Waals surface area contributed by atoms with Crippen molar-refractivity contribution in [2.75, 3.05) is 17.6 Å². The van der Waals surface area contributed by atoms with Crippen LogP contribution in [0.1, 0.15) is 83.2 Å². The van der Waals surface area contributed by atoms with Gasteiger partial charge in [0.1, 0.15) is 5.02 Å². The summed E-state index contributed by atoms with van der Waals surface area (Å²) in [6, 6.07) is 7.12. The molecule has 0 aliphatic carbocycles. The van der Waals surface area contributed by atoms with Crippen molar-refractivity contribution in [2.45, 2.75) is 84.5 Å². The van der Waals surface area contributed by atoms with Gasteiger partial charge in [0.15, 0.2) is 11.5 Å². The molecule has 3 N–H and O–H groups in total. The number of amides is 1. The van der Waals surface area contributed by atoms with Crippen molar-refractivity contribution in [1.82, 2.24) is 24.5 Å². The SMILES string of the molecule is CCCCCCCCCCCCS(=O)(=O)NCCC(=O)Nc1ccc(-c2nc3c(Cl)c(C)[nH]n3n2)cc1. The van der Waals surface area contributed by atoms with E-state index in [1.54, 1.807) is 24.3 Å². The largest absolute Gasteiger partial charge is 0.326 e. The number of nitrogens with zero attached hydrogens (tertiary/aromatic N) is 3. The molecule has 0 saturated heterocycles. The van der Waals surface area contributed by atoms with E-state index in [-0.39, 0.29) is 24.6 Å². The van der Waals surface area contributed by atoms with Gasteiger partial charge in [-0.15, -0.1) is 5.10 Å². The second-order valence-electron chi connectivity index (χ2n) is 9.49. The van der Waals surface area contributed by atoms with Crippen molar-refractivity contribution in [3.8, 4) is 11.4 Å². The summed E-state index contributed by atoms with van der Waals surface area (Å²) in [5.41, 5.74) is 2.74. The number of carbonyl (C=O) groups excluding carboxylic acids is 1. The van der Waals surface area contributed by atoms with Crippen LogP contribution in [0.5, 0.6) is 0 Å². The zero-order chi connectivity index (χ0) is 26.7. The molecule has 0 unspecified atom stereocenters. The Balaban J connectivity index is 1.31. The fourth-order valence-corrected chi connectivity index (χ4v) is 5.43. The lowest BCUT2D eigenvalue weighted by Gasteiger charge is -2.08. The number of unbranched alkanes of at least 4 members (excludes halogenated alkanes) is 9. The highest BCUT2D eigenvalue weighted by molar-refractivity contribution is 7.89. The Kier molecular flexibility index (Phi) is 11.4. The number of carbonyl (C=O) groups is 1. The molecule has 37 heavy (non-hydrogen) atoms. The Morgan fingerprint density at radius 3 is 2.24 bits per heavy atom. The van der Waals surface area contributed by atoms with E-state index in [4.69, 9.17) is 11.6 Å². The van der Waals surface area contributed by atoms with Crippen molar-refractivity contribution in [3.63, 3.8) is 0 Å². The predicted octanol–water partition coefficient (Wildman–Crippen LogP) is 5.86. The fraction of sp³-hybridized carbons (Fsp3) is 0.577. The van der Waals surface area contributed by atoms with E-state index < -0.39 is 10.0 Å². The molecule has 9 nitrogen and oxygen atoms in total. The van der Waals surface area contributed by atoms with Gasteiger partial charge in [0.05, 0.1) is 11.4 Å². The third-order valence-corrected chi connectivity index (χ3v) is 8.20. The first-order chi connectivity index (χ1) is 17.8. The lowest BCUT2D eigenvalue weighted by Crippen LogP contribution is -2.29. The highest BCUT2D eigenvalue weighted by Gasteiger charge is 2.14. The smallest absolute Gasteiger partial charge is 0.225 e. The number of aryl methyl sites for hydroxylation is 1. The summed E-state index contributed by atoms with van der Waals surface area (Å²) in [5.74, 6) is 0.363. The number of H-pyrrole nitrogens is 1. The molecule has 1 aromatic carbocycles. The molecule has 0 bridgehead atoms. The molecule has 0 fully saturated rings. The van der Waals surface area contributed by atoms with Gasteiger partial charge in [-0.3, -0.25) is 9.89 Å². The standard InChI is InChI=1S/C26H39ClN6O3S/c1-3-4-5-6-7-8-9-10-11-12-19-37(35,36)28-18-17-23(34)29-22-15-13-21(14-16-22)25-30-26-24(27)20(2)31-33(26)32-25/h13-16,28,31H,3-12,17-19H2,1-2H3,(H,29,34). The molecule has 0 spiro atoms. The van der Waals surface area contributed by atoms with Gasteiger partial charge in [0, 0.05) is 24.2 Å². The molecule has 0 aliphatic rings. The summed E-state index contributed by atoms with van der Waals surface area (Å²) in [6.45, 7) is 4.15. The third kappa shape index (κ3) is 9.43. The topological polar surface area (TPSA) is 121 Å². The van der Waals surface area contributed by atoms with Crippen LogP contribution in [0.3, 0.4) is 0 Å². The molecular formula is C26H39ClN6O3S. The summed E-state index contributed by atoms with van der Waals surface area (Å²) in [6.07, 6.45) is 11.6. The average molecular weight is 551 g/mol. The summed E-state index contributed by atoms with van der Waals surface area (Å²) >= 11 is 6.21. The number of aromatic amines is 1. The third-order valence-electron chi connectivity index (χ3n) is 6.27. The van der Waals surface area contributed by atoms with Crippen molar-refractivity contribution in [3.05, 3.63) is 35.0 Å². The summed E-state index contributed by atoms with van der Waals surface area (Å²) in [4.78, 5) is 16.7. The average Bonchev–Trinajstić information content (AvgIpc) is 3.39. The number of benzene rings is 1. The predicted molar refractivity (Wildman–Crippen MR) is 149 cm³/mol. The molecule has 1 amide bonds. The van der Waals surface area contributed by atoms with Gasteiger partial charge >= 0.3 is 0 Å². The van der Waals surface area contributed by atoms with E-state index in [9.17, 15) is 13.2 Å². The first-order valence-electron chi connectivity index (χ1n) is 13.3. The number of rotatable bonds is 17. The minimum absolute atomic E-state index is 0.0597. The first-order valence-corrected chi connectivity index (χ1v) is 15.3. The van der Waals surface area contributed by atoms with Gasteiger partial charge in [-0.05, 0) is 37.6 Å². The Labute approximate surface area is 224 Å². The summed E-state index contributed by atoms with van der Waals surface area (Å²) < 4.78 is 28.5. The van der Waals surface area contributed by atoms with Crippen LogP contribution in [0.15, 0.2) is 24.3 Å². The normalized spacial score (nSPS) is 11.9. The van der Waals surface area contributed by atoms with E-state index in [0.717, 1.165) is 24.1 Å². The number of anilines is 1. The van der Waals surface area contributed by atoms with Gasteiger partial charge in [-0.1, -0.05) is 76.3 Å². The Morgan fingerprint density at radius 2 is 1.62 bits per heavy atom. The molecule has 0 atom stereocenters. The highest BCUT2D eigenvalue weighted by Crippen LogP contribution is 2.24. The molecule has 2 heterocycles. The first kappa shape index (κ1) is 29.1. The van der Waals surface area contributed by atoms with Crippen molar-refractivity contribution in [1.29, 1.82) is 0 Å². The number of aromatic nitrogens is 4. The lowest BCUT2D eigenvalue weighted by molar-refractivity contribution is -0.116.